The van der Waals surface area contributed by atoms with E-state index in [-0.39, 0.29) is 4.90 Å². The van der Waals surface area contributed by atoms with Crippen LogP contribution in [-0.2, 0) is 6.18 Å². The van der Waals surface area contributed by atoms with Crippen LogP contribution < -0.4 is 0 Å². The van der Waals surface area contributed by atoms with Crippen LogP contribution in [0.25, 0.3) is 0 Å². The number of hydrogen-bond donors (Lipinski definition) is 1. The molecule has 0 saturated carbocycles. The van der Waals surface area contributed by atoms with E-state index in [9.17, 15) is 17.6 Å². The summed E-state index contributed by atoms with van der Waals surface area (Å²) < 4.78 is 54.6. The summed E-state index contributed by atoms with van der Waals surface area (Å²) in [4.78, 5) is 3.08. The molecule has 1 aromatic heterocycles. The van der Waals surface area contributed by atoms with Crippen molar-refractivity contribution in [1.29, 1.82) is 0 Å². The van der Waals surface area contributed by atoms with E-state index in [4.69, 9.17) is 0 Å². The maximum Gasteiger partial charge on any atom is 0.436 e. The number of pyridine rings is 1. The second-order valence-corrected chi connectivity index (χ2v) is 4.61. The van der Waals surface area contributed by atoms with Gasteiger partial charge in [0.1, 0.15) is 0 Å². The van der Waals surface area contributed by atoms with Gasteiger partial charge in [0, 0.05) is 23.9 Å². The minimum absolute atomic E-state index is 0.0497. The van der Waals surface area contributed by atoms with E-state index >= 15 is 0 Å². The lowest BCUT2D eigenvalue weighted by molar-refractivity contribution is -0.144. The van der Waals surface area contributed by atoms with Crippen LogP contribution in [0, 0.1) is 5.82 Å². The molecule has 8 heteroatoms. The van der Waals surface area contributed by atoms with Gasteiger partial charge in [-0.25, -0.2) is 13.8 Å². The lowest BCUT2D eigenvalue weighted by Gasteiger charge is -2.18. The third-order valence-corrected chi connectivity index (χ3v) is 3.60. The van der Waals surface area contributed by atoms with Crippen molar-refractivity contribution in [2.75, 3.05) is 5.75 Å². The predicted molar refractivity (Wildman–Crippen MR) is 60.1 cm³/mol. The van der Waals surface area contributed by atoms with Crippen LogP contribution in [0.3, 0.4) is 0 Å². The highest BCUT2D eigenvalue weighted by Gasteiger charge is 2.38. The predicted octanol–water partition coefficient (Wildman–Crippen LogP) is 3.37. The van der Waals surface area contributed by atoms with Crippen LogP contribution in [-0.4, -0.2) is 16.4 Å². The average Bonchev–Trinajstić information content (AvgIpc) is 2.27. The Balaban J connectivity index is 2.61. The zero-order valence-corrected chi connectivity index (χ0v) is 9.96. The summed E-state index contributed by atoms with van der Waals surface area (Å²) in [7, 11) is 0. The van der Waals surface area contributed by atoms with Crippen molar-refractivity contribution in [1.82, 2.24) is 4.98 Å². The van der Waals surface area contributed by atoms with Gasteiger partial charge in [0.05, 0.1) is 10.6 Å². The third kappa shape index (κ3) is 2.28. The van der Waals surface area contributed by atoms with E-state index in [0.717, 1.165) is 18.0 Å². The van der Waals surface area contributed by atoms with Gasteiger partial charge < -0.3 is 0 Å². The molecule has 0 amide bonds. The highest BCUT2D eigenvalue weighted by atomic mass is 32.2. The Bertz CT molecular complexity index is 485. The molecule has 0 bridgehead atoms. The topological polar surface area (TPSA) is 25.2 Å². The molecule has 0 aromatic carbocycles. The second-order valence-electron chi connectivity index (χ2n) is 3.31. The number of alkyl halides is 3. The fourth-order valence-corrected chi connectivity index (χ4v) is 2.76. The van der Waals surface area contributed by atoms with Gasteiger partial charge in [-0.05, 0) is 12.8 Å². The summed E-state index contributed by atoms with van der Waals surface area (Å²) in [5.74, 6) is -0.848. The van der Waals surface area contributed by atoms with Crippen LogP contribution in [0.5, 0.6) is 0 Å². The van der Waals surface area contributed by atoms with E-state index < -0.39 is 17.7 Å². The first-order chi connectivity index (χ1) is 7.95. The molecule has 0 fully saturated rings. The molecule has 0 atom stereocenters. The van der Waals surface area contributed by atoms with Gasteiger partial charge in [0.25, 0.3) is 0 Å². The van der Waals surface area contributed by atoms with Gasteiger partial charge in [-0.15, -0.1) is 11.8 Å². The first kappa shape index (κ1) is 12.7. The summed E-state index contributed by atoms with van der Waals surface area (Å²) in [6.07, 6.45) is -3.24. The molecule has 0 unspecified atom stereocenters. The number of hydrogen-bond acceptors (Lipinski definition) is 4. The van der Waals surface area contributed by atoms with Crippen molar-refractivity contribution in [3.05, 3.63) is 23.3 Å². The third-order valence-electron chi connectivity index (χ3n) is 2.26. The SMILES string of the molecule is Fc1c(C(F)(F)F)ncc2c1SCC/C2=N\S. The minimum Gasteiger partial charge on any atom is -0.248 e. The van der Waals surface area contributed by atoms with Crippen molar-refractivity contribution < 1.29 is 17.6 Å². The summed E-state index contributed by atoms with van der Waals surface area (Å²) >= 11 is 4.75. The molecule has 92 valence electrons. The molecule has 0 spiro atoms. The molecule has 0 radical (unpaired) electrons. The number of thioether (sulfide) groups is 1. The zero-order chi connectivity index (χ0) is 12.6. The van der Waals surface area contributed by atoms with Gasteiger partial charge in [-0.1, -0.05) is 0 Å². The number of rotatable bonds is 0. The lowest BCUT2D eigenvalue weighted by Crippen LogP contribution is -2.17. The van der Waals surface area contributed by atoms with Crippen LogP contribution in [0.4, 0.5) is 17.6 Å². The average molecular weight is 282 g/mol. The zero-order valence-electron chi connectivity index (χ0n) is 8.25. The Labute approximate surface area is 104 Å². The smallest absolute Gasteiger partial charge is 0.248 e. The first-order valence-corrected chi connectivity index (χ1v) is 5.93. The second kappa shape index (κ2) is 4.49. The monoisotopic (exact) mass is 282 g/mol. The summed E-state index contributed by atoms with van der Waals surface area (Å²) in [6.45, 7) is 0. The van der Waals surface area contributed by atoms with E-state index in [1.165, 1.54) is 0 Å². The number of thiol groups is 1. The minimum atomic E-state index is -4.78. The largest absolute Gasteiger partial charge is 0.436 e. The molecular weight excluding hydrogens is 276 g/mol. The van der Waals surface area contributed by atoms with E-state index in [2.05, 4.69) is 22.2 Å². The van der Waals surface area contributed by atoms with Crippen LogP contribution in [0.15, 0.2) is 15.5 Å². The van der Waals surface area contributed by atoms with E-state index in [1.807, 2.05) is 0 Å². The van der Waals surface area contributed by atoms with Crippen LogP contribution in [0.1, 0.15) is 17.7 Å². The number of nitrogens with zero attached hydrogens (tertiary/aromatic N) is 2. The fraction of sp³-hybridized carbons (Fsp3) is 0.333. The Morgan fingerprint density at radius 1 is 1.41 bits per heavy atom. The van der Waals surface area contributed by atoms with Crippen LogP contribution >= 0.6 is 24.6 Å². The molecule has 1 aromatic rings. The summed E-state index contributed by atoms with van der Waals surface area (Å²) in [5, 5.41) is 0. The van der Waals surface area contributed by atoms with Crippen molar-refractivity contribution >= 4 is 30.3 Å². The standard InChI is InChI=1S/C9H6F4N2S2/c10-6-7-4(5(15-16)1-2-17-7)3-14-8(6)9(11,12)13/h3,16H,1-2H2/b15-5+. The molecule has 0 N–H and O–H groups in total. The van der Waals surface area contributed by atoms with Crippen molar-refractivity contribution in [3.8, 4) is 0 Å². The van der Waals surface area contributed by atoms with Gasteiger partial charge in [0.15, 0.2) is 11.5 Å². The van der Waals surface area contributed by atoms with E-state index in [0.29, 0.717) is 23.4 Å². The molecule has 2 rings (SSSR count). The summed E-state index contributed by atoms with van der Waals surface area (Å²) in [6, 6.07) is 0. The Morgan fingerprint density at radius 2 is 2.12 bits per heavy atom. The number of aromatic nitrogens is 1. The van der Waals surface area contributed by atoms with Crippen molar-refractivity contribution in [2.24, 2.45) is 4.40 Å². The maximum absolute atomic E-state index is 13.7. The van der Waals surface area contributed by atoms with E-state index in [1.54, 1.807) is 0 Å². The number of halogens is 4. The molecule has 0 saturated heterocycles. The van der Waals surface area contributed by atoms with Crippen molar-refractivity contribution in [3.63, 3.8) is 0 Å². The van der Waals surface area contributed by atoms with Crippen molar-refractivity contribution in [2.45, 2.75) is 17.5 Å². The highest BCUT2D eigenvalue weighted by molar-refractivity contribution is 7.99. The number of fused-ring (bicyclic) bond motifs is 1. The molecule has 17 heavy (non-hydrogen) atoms. The molecule has 0 aliphatic carbocycles. The lowest BCUT2D eigenvalue weighted by atomic mass is 10.1. The molecule has 1 aliphatic heterocycles. The Morgan fingerprint density at radius 3 is 2.71 bits per heavy atom. The van der Waals surface area contributed by atoms with Crippen LogP contribution in [0.2, 0.25) is 0 Å². The maximum atomic E-state index is 13.7. The quantitative estimate of drug-likeness (QED) is 0.583. The first-order valence-electron chi connectivity index (χ1n) is 4.55. The van der Waals surface area contributed by atoms with Gasteiger partial charge >= 0.3 is 6.18 Å². The molecular formula is C9H6F4N2S2. The fourth-order valence-electron chi connectivity index (χ4n) is 1.50. The van der Waals surface area contributed by atoms with Gasteiger partial charge in [-0.3, -0.25) is 0 Å². The highest BCUT2D eigenvalue weighted by Crippen LogP contribution is 2.38. The Kier molecular flexibility index (Phi) is 3.35. The summed E-state index contributed by atoms with van der Waals surface area (Å²) in [5.41, 5.74) is -0.729. The molecule has 1 aliphatic rings. The Hall–Kier alpha value is -0.760. The normalized spacial score (nSPS) is 18.3. The molecule has 2 nitrogen and oxygen atoms in total. The molecule has 2 heterocycles. The van der Waals surface area contributed by atoms with Gasteiger partial charge in [0.2, 0.25) is 0 Å². The van der Waals surface area contributed by atoms with Gasteiger partial charge in [-0.2, -0.15) is 13.2 Å².